The lowest BCUT2D eigenvalue weighted by atomic mass is 10.1. The van der Waals surface area contributed by atoms with Crippen LogP contribution >= 0.6 is 0 Å². The van der Waals surface area contributed by atoms with E-state index < -0.39 is 0 Å². The maximum Gasteiger partial charge on any atom is 0.316 e. The SMILES string of the molecule is CCOC(=O)C1C=NC(N2CC3CC2CN3c2noc3ccccc23)=NC1. The lowest BCUT2D eigenvalue weighted by molar-refractivity contribution is -0.145. The molecule has 3 atom stereocenters. The molecule has 0 amide bonds. The minimum Gasteiger partial charge on any atom is -0.465 e. The number of benzene rings is 1. The standard InChI is InChI=1S/C19H21N5O3/c1-2-26-18(25)12-8-20-19(21-9-12)24-11-13-7-14(24)10-23(13)17-15-5-3-4-6-16(15)27-22-17/h3-6,8,12-14H,2,7,9-11H2,1H3. The van der Waals surface area contributed by atoms with E-state index in [1.54, 1.807) is 13.1 Å². The van der Waals surface area contributed by atoms with E-state index >= 15 is 0 Å². The van der Waals surface area contributed by atoms with Crippen LogP contribution in [0.1, 0.15) is 13.3 Å². The van der Waals surface area contributed by atoms with Gasteiger partial charge < -0.3 is 19.1 Å². The first-order valence-corrected chi connectivity index (χ1v) is 9.37. The van der Waals surface area contributed by atoms with Crippen molar-refractivity contribution in [2.45, 2.75) is 25.4 Å². The van der Waals surface area contributed by atoms with Gasteiger partial charge in [0.2, 0.25) is 5.96 Å². The zero-order valence-electron chi connectivity index (χ0n) is 15.1. The number of aromatic nitrogens is 1. The van der Waals surface area contributed by atoms with Gasteiger partial charge in [-0.3, -0.25) is 4.79 Å². The Morgan fingerprint density at radius 1 is 1.26 bits per heavy atom. The van der Waals surface area contributed by atoms with Gasteiger partial charge in [-0.15, -0.1) is 0 Å². The highest BCUT2D eigenvalue weighted by Crippen LogP contribution is 2.37. The molecule has 0 spiro atoms. The monoisotopic (exact) mass is 367 g/mol. The summed E-state index contributed by atoms with van der Waals surface area (Å²) in [6.07, 6.45) is 2.73. The van der Waals surface area contributed by atoms with Crippen molar-refractivity contribution >= 4 is 34.9 Å². The number of para-hydroxylation sites is 1. The van der Waals surface area contributed by atoms with Gasteiger partial charge in [-0.05, 0) is 25.5 Å². The van der Waals surface area contributed by atoms with Gasteiger partial charge >= 0.3 is 5.97 Å². The first-order chi connectivity index (χ1) is 13.2. The second-order valence-electron chi connectivity index (χ2n) is 7.13. The Kier molecular flexibility index (Phi) is 3.84. The topological polar surface area (TPSA) is 83.5 Å². The van der Waals surface area contributed by atoms with Crippen LogP contribution in [0.25, 0.3) is 11.0 Å². The van der Waals surface area contributed by atoms with Crippen LogP contribution in [-0.2, 0) is 9.53 Å². The summed E-state index contributed by atoms with van der Waals surface area (Å²) in [5, 5.41) is 5.36. The molecule has 8 heteroatoms. The zero-order valence-corrected chi connectivity index (χ0v) is 15.1. The molecule has 0 N–H and O–H groups in total. The Morgan fingerprint density at radius 2 is 2.07 bits per heavy atom. The molecule has 3 aliphatic heterocycles. The van der Waals surface area contributed by atoms with E-state index in [0.717, 1.165) is 42.3 Å². The average Bonchev–Trinajstić information content (AvgIpc) is 3.41. The maximum absolute atomic E-state index is 11.8. The number of anilines is 1. The number of aliphatic imine (C=N–C) groups is 2. The minimum absolute atomic E-state index is 0.254. The first-order valence-electron chi connectivity index (χ1n) is 9.37. The molecule has 0 aliphatic carbocycles. The molecule has 140 valence electrons. The second kappa shape index (κ2) is 6.37. The first kappa shape index (κ1) is 16.3. The number of hydrogen-bond donors (Lipinski definition) is 0. The summed E-state index contributed by atoms with van der Waals surface area (Å²) in [7, 11) is 0. The lowest BCUT2D eigenvalue weighted by Crippen LogP contribution is -2.49. The van der Waals surface area contributed by atoms with E-state index in [9.17, 15) is 4.79 Å². The van der Waals surface area contributed by atoms with E-state index in [1.807, 2.05) is 18.2 Å². The van der Waals surface area contributed by atoms with Crippen molar-refractivity contribution in [2.24, 2.45) is 15.9 Å². The molecule has 1 aromatic carbocycles. The third kappa shape index (κ3) is 2.67. The molecule has 2 fully saturated rings. The number of likely N-dealkylation sites (tertiary alicyclic amines) is 1. The molecule has 2 saturated heterocycles. The average molecular weight is 367 g/mol. The Labute approximate surface area is 156 Å². The van der Waals surface area contributed by atoms with Crippen molar-refractivity contribution in [3.8, 4) is 0 Å². The van der Waals surface area contributed by atoms with Crippen molar-refractivity contribution in [1.82, 2.24) is 10.1 Å². The summed E-state index contributed by atoms with van der Waals surface area (Å²) < 4.78 is 10.5. The number of carbonyl (C=O) groups excluding carboxylic acids is 1. The Balaban J connectivity index is 1.28. The fraction of sp³-hybridized carbons (Fsp3) is 0.474. The predicted octanol–water partition coefficient (Wildman–Crippen LogP) is 1.71. The molecule has 27 heavy (non-hydrogen) atoms. The van der Waals surface area contributed by atoms with E-state index in [-0.39, 0.29) is 11.9 Å². The van der Waals surface area contributed by atoms with Crippen molar-refractivity contribution in [3.05, 3.63) is 24.3 Å². The molecule has 0 saturated carbocycles. The third-order valence-corrected chi connectivity index (χ3v) is 5.52. The highest BCUT2D eigenvalue weighted by atomic mass is 16.5. The minimum atomic E-state index is -0.369. The summed E-state index contributed by atoms with van der Waals surface area (Å²) in [6.45, 7) is 4.31. The number of piperazine rings is 1. The van der Waals surface area contributed by atoms with Crippen LogP contribution in [0, 0.1) is 5.92 Å². The quantitative estimate of drug-likeness (QED) is 0.768. The highest BCUT2D eigenvalue weighted by molar-refractivity contribution is 5.99. The Bertz CT molecular complexity index is 936. The second-order valence-corrected chi connectivity index (χ2v) is 7.13. The van der Waals surface area contributed by atoms with Gasteiger partial charge in [0.15, 0.2) is 11.4 Å². The normalized spacial score (nSPS) is 26.7. The summed E-state index contributed by atoms with van der Waals surface area (Å²) in [5.74, 6) is 1.03. The van der Waals surface area contributed by atoms with E-state index in [0.29, 0.717) is 25.2 Å². The summed E-state index contributed by atoms with van der Waals surface area (Å²) in [5.41, 5.74) is 0.818. The van der Waals surface area contributed by atoms with Crippen molar-refractivity contribution in [3.63, 3.8) is 0 Å². The number of rotatable bonds is 3. The highest BCUT2D eigenvalue weighted by Gasteiger charge is 2.46. The van der Waals surface area contributed by atoms with E-state index in [1.165, 1.54) is 0 Å². The van der Waals surface area contributed by atoms with Crippen LogP contribution in [0.15, 0.2) is 38.8 Å². The van der Waals surface area contributed by atoms with Gasteiger partial charge in [0.25, 0.3) is 0 Å². The number of carbonyl (C=O) groups is 1. The molecule has 3 unspecified atom stereocenters. The molecule has 2 bridgehead atoms. The van der Waals surface area contributed by atoms with Crippen molar-refractivity contribution < 1.29 is 14.1 Å². The predicted molar refractivity (Wildman–Crippen MR) is 101 cm³/mol. The maximum atomic E-state index is 11.8. The Hall–Kier alpha value is -2.90. The molecule has 1 aromatic heterocycles. The molecule has 5 rings (SSSR count). The van der Waals surface area contributed by atoms with Crippen LogP contribution in [-0.4, -0.2) is 66.5 Å². The number of nitrogens with zero attached hydrogens (tertiary/aromatic N) is 5. The molecule has 4 heterocycles. The van der Waals surface area contributed by atoms with Crippen LogP contribution in [0.2, 0.25) is 0 Å². The molecule has 2 aromatic rings. The van der Waals surface area contributed by atoms with Crippen molar-refractivity contribution in [1.29, 1.82) is 0 Å². The summed E-state index contributed by atoms with van der Waals surface area (Å²) in [4.78, 5) is 25.4. The van der Waals surface area contributed by atoms with Gasteiger partial charge in [0, 0.05) is 19.3 Å². The van der Waals surface area contributed by atoms with Gasteiger partial charge in [0.1, 0.15) is 5.92 Å². The number of esters is 1. The number of hydrogen-bond acceptors (Lipinski definition) is 8. The largest absolute Gasteiger partial charge is 0.465 e. The van der Waals surface area contributed by atoms with Gasteiger partial charge in [0.05, 0.1) is 30.6 Å². The summed E-state index contributed by atoms with van der Waals surface area (Å²) in [6, 6.07) is 8.67. The fourth-order valence-electron chi connectivity index (χ4n) is 4.23. The molecule has 8 nitrogen and oxygen atoms in total. The van der Waals surface area contributed by atoms with E-state index in [4.69, 9.17) is 9.26 Å². The van der Waals surface area contributed by atoms with Crippen LogP contribution in [0.5, 0.6) is 0 Å². The smallest absolute Gasteiger partial charge is 0.316 e. The summed E-state index contributed by atoms with van der Waals surface area (Å²) >= 11 is 0. The van der Waals surface area contributed by atoms with Gasteiger partial charge in [-0.2, -0.15) is 0 Å². The lowest BCUT2D eigenvalue weighted by Gasteiger charge is -2.35. The Morgan fingerprint density at radius 3 is 2.81 bits per heavy atom. The molecule has 0 radical (unpaired) electrons. The molecular weight excluding hydrogens is 346 g/mol. The van der Waals surface area contributed by atoms with Crippen molar-refractivity contribution in [2.75, 3.05) is 31.1 Å². The van der Waals surface area contributed by atoms with Crippen LogP contribution in [0.4, 0.5) is 5.82 Å². The molecule has 3 aliphatic rings. The number of guanidine groups is 1. The van der Waals surface area contributed by atoms with Crippen LogP contribution < -0.4 is 4.90 Å². The number of ether oxygens (including phenoxy) is 1. The molecular formula is C19H21N5O3. The van der Waals surface area contributed by atoms with Gasteiger partial charge in [-0.1, -0.05) is 17.3 Å². The number of fused-ring (bicyclic) bond motifs is 3. The zero-order chi connectivity index (χ0) is 18.4. The van der Waals surface area contributed by atoms with Crippen LogP contribution in [0.3, 0.4) is 0 Å². The fourth-order valence-corrected chi connectivity index (χ4v) is 4.23. The van der Waals surface area contributed by atoms with Gasteiger partial charge in [-0.25, -0.2) is 9.98 Å². The van der Waals surface area contributed by atoms with E-state index in [2.05, 4.69) is 31.0 Å². The third-order valence-electron chi connectivity index (χ3n) is 5.52.